The largest absolute Gasteiger partial charge is 0.393 e. The predicted octanol–water partition coefficient (Wildman–Crippen LogP) is 2.17. The fourth-order valence-electron chi connectivity index (χ4n) is 0.994. The molecule has 0 saturated heterocycles. The number of nitrogens with two attached hydrogens (primary N) is 1. The van der Waals surface area contributed by atoms with Crippen LogP contribution in [-0.4, -0.2) is 16.5 Å². The molecule has 0 bridgehead atoms. The first-order valence-corrected chi connectivity index (χ1v) is 4.99. The summed E-state index contributed by atoms with van der Waals surface area (Å²) >= 11 is 5.74. The van der Waals surface area contributed by atoms with Crippen LogP contribution in [0.2, 0.25) is 5.15 Å². The highest BCUT2D eigenvalue weighted by atomic mass is 35.5. The molecule has 0 amide bonds. The molecule has 0 aliphatic heterocycles. The molecule has 0 radical (unpaired) electrons. The molecule has 0 saturated carbocycles. The number of nitrogens with zero attached hydrogens (tertiary/aromatic N) is 2. The lowest BCUT2D eigenvalue weighted by molar-refractivity contribution is 0.606. The zero-order valence-electron chi connectivity index (χ0n) is 8.42. The minimum atomic E-state index is 0.298. The average Bonchev–Trinajstić information content (AvgIpc) is 2.12. The SMILES string of the molecule is CC(C)CCNc1ncnc(Cl)c1N. The first-order valence-electron chi connectivity index (χ1n) is 4.61. The second-order valence-corrected chi connectivity index (χ2v) is 3.89. The van der Waals surface area contributed by atoms with Crippen LogP contribution in [-0.2, 0) is 0 Å². The lowest BCUT2D eigenvalue weighted by Gasteiger charge is -2.09. The Kier molecular flexibility index (Phi) is 3.95. The number of hydrogen-bond acceptors (Lipinski definition) is 4. The highest BCUT2D eigenvalue weighted by molar-refractivity contribution is 6.32. The highest BCUT2D eigenvalue weighted by Crippen LogP contribution is 2.21. The molecule has 1 aromatic heterocycles. The van der Waals surface area contributed by atoms with Crippen LogP contribution in [0.1, 0.15) is 20.3 Å². The van der Waals surface area contributed by atoms with E-state index in [0.29, 0.717) is 22.6 Å². The molecule has 4 nitrogen and oxygen atoms in total. The summed E-state index contributed by atoms with van der Waals surface area (Å²) in [7, 11) is 0. The van der Waals surface area contributed by atoms with Crippen molar-refractivity contribution in [1.29, 1.82) is 0 Å². The minimum absolute atomic E-state index is 0.298. The lowest BCUT2D eigenvalue weighted by Crippen LogP contribution is -2.08. The van der Waals surface area contributed by atoms with E-state index >= 15 is 0 Å². The van der Waals surface area contributed by atoms with Crippen molar-refractivity contribution >= 4 is 23.1 Å². The van der Waals surface area contributed by atoms with Crippen molar-refractivity contribution in [3.63, 3.8) is 0 Å². The van der Waals surface area contributed by atoms with Crippen LogP contribution in [0, 0.1) is 5.92 Å². The molecule has 0 aliphatic carbocycles. The summed E-state index contributed by atoms with van der Waals surface area (Å²) < 4.78 is 0. The van der Waals surface area contributed by atoms with Gasteiger partial charge in [-0.05, 0) is 12.3 Å². The van der Waals surface area contributed by atoms with Gasteiger partial charge in [0.1, 0.15) is 12.0 Å². The van der Waals surface area contributed by atoms with Crippen molar-refractivity contribution in [3.8, 4) is 0 Å². The molecular weight excluding hydrogens is 200 g/mol. The number of aromatic nitrogens is 2. The number of nitrogen functional groups attached to an aromatic ring is 1. The summed E-state index contributed by atoms with van der Waals surface area (Å²) in [5.41, 5.74) is 6.09. The van der Waals surface area contributed by atoms with Crippen LogP contribution < -0.4 is 11.1 Å². The Bertz CT molecular complexity index is 301. The molecule has 3 N–H and O–H groups in total. The van der Waals surface area contributed by atoms with E-state index in [1.54, 1.807) is 0 Å². The zero-order chi connectivity index (χ0) is 10.6. The molecule has 0 atom stereocenters. The van der Waals surface area contributed by atoms with Crippen molar-refractivity contribution in [1.82, 2.24) is 9.97 Å². The summed E-state index contributed by atoms with van der Waals surface area (Å²) in [5.74, 6) is 1.27. The first-order chi connectivity index (χ1) is 6.61. The van der Waals surface area contributed by atoms with E-state index < -0.39 is 0 Å². The Balaban J connectivity index is 2.54. The summed E-state index contributed by atoms with van der Waals surface area (Å²) in [5, 5.41) is 3.42. The molecule has 1 aromatic rings. The van der Waals surface area contributed by atoms with Gasteiger partial charge < -0.3 is 11.1 Å². The van der Waals surface area contributed by atoms with E-state index in [1.807, 2.05) is 0 Å². The van der Waals surface area contributed by atoms with Gasteiger partial charge in [0, 0.05) is 6.54 Å². The maximum atomic E-state index is 5.74. The van der Waals surface area contributed by atoms with Crippen molar-refractivity contribution in [2.45, 2.75) is 20.3 Å². The molecular formula is C9H15ClN4. The van der Waals surface area contributed by atoms with Gasteiger partial charge in [-0.25, -0.2) is 9.97 Å². The fourth-order valence-corrected chi connectivity index (χ4v) is 1.13. The summed E-state index contributed by atoms with van der Waals surface area (Å²) in [6.07, 6.45) is 2.47. The Morgan fingerprint density at radius 2 is 2.21 bits per heavy atom. The molecule has 0 aromatic carbocycles. The molecule has 0 unspecified atom stereocenters. The lowest BCUT2D eigenvalue weighted by atomic mass is 10.1. The van der Waals surface area contributed by atoms with Gasteiger partial charge in [-0.1, -0.05) is 25.4 Å². The second-order valence-electron chi connectivity index (χ2n) is 3.54. The first kappa shape index (κ1) is 11.0. The number of hydrogen-bond donors (Lipinski definition) is 2. The number of anilines is 2. The molecule has 78 valence electrons. The Morgan fingerprint density at radius 1 is 1.50 bits per heavy atom. The van der Waals surface area contributed by atoms with E-state index in [0.717, 1.165) is 13.0 Å². The summed E-state index contributed by atoms with van der Waals surface area (Å²) in [4.78, 5) is 7.78. The van der Waals surface area contributed by atoms with Gasteiger partial charge in [-0.3, -0.25) is 0 Å². The highest BCUT2D eigenvalue weighted by Gasteiger charge is 2.04. The fraction of sp³-hybridized carbons (Fsp3) is 0.556. The third kappa shape index (κ3) is 3.03. The maximum absolute atomic E-state index is 5.74. The number of nitrogens with one attached hydrogen (secondary N) is 1. The van der Waals surface area contributed by atoms with Crippen molar-refractivity contribution in [2.75, 3.05) is 17.6 Å². The van der Waals surface area contributed by atoms with E-state index in [9.17, 15) is 0 Å². The van der Waals surface area contributed by atoms with Gasteiger partial charge in [0.2, 0.25) is 0 Å². The number of halogens is 1. The van der Waals surface area contributed by atoms with E-state index in [1.165, 1.54) is 6.33 Å². The van der Waals surface area contributed by atoms with Crippen LogP contribution in [0.15, 0.2) is 6.33 Å². The quantitative estimate of drug-likeness (QED) is 0.755. The minimum Gasteiger partial charge on any atom is -0.393 e. The molecule has 0 spiro atoms. The summed E-state index contributed by atoms with van der Waals surface area (Å²) in [6, 6.07) is 0. The molecule has 1 rings (SSSR count). The van der Waals surface area contributed by atoms with Gasteiger partial charge in [-0.15, -0.1) is 0 Å². The molecule has 5 heteroatoms. The van der Waals surface area contributed by atoms with Crippen molar-refractivity contribution in [3.05, 3.63) is 11.5 Å². The molecule has 14 heavy (non-hydrogen) atoms. The van der Waals surface area contributed by atoms with Crippen molar-refractivity contribution < 1.29 is 0 Å². The van der Waals surface area contributed by atoms with Gasteiger partial charge >= 0.3 is 0 Å². The van der Waals surface area contributed by atoms with Gasteiger partial charge in [0.15, 0.2) is 11.0 Å². The Hall–Kier alpha value is -1.03. The average molecular weight is 215 g/mol. The van der Waals surface area contributed by atoms with Crippen LogP contribution in [0.5, 0.6) is 0 Å². The topological polar surface area (TPSA) is 63.8 Å². The van der Waals surface area contributed by atoms with E-state index in [-0.39, 0.29) is 0 Å². The third-order valence-electron chi connectivity index (χ3n) is 1.85. The normalized spacial score (nSPS) is 10.6. The smallest absolute Gasteiger partial charge is 0.157 e. The molecule has 1 heterocycles. The Morgan fingerprint density at radius 3 is 2.86 bits per heavy atom. The van der Waals surface area contributed by atoms with Crippen LogP contribution >= 0.6 is 11.6 Å². The van der Waals surface area contributed by atoms with E-state index in [2.05, 4.69) is 29.1 Å². The predicted molar refractivity (Wildman–Crippen MR) is 59.4 cm³/mol. The van der Waals surface area contributed by atoms with Crippen molar-refractivity contribution in [2.24, 2.45) is 5.92 Å². The Labute approximate surface area is 88.9 Å². The maximum Gasteiger partial charge on any atom is 0.157 e. The second kappa shape index (κ2) is 5.00. The van der Waals surface area contributed by atoms with Gasteiger partial charge in [0.05, 0.1) is 0 Å². The zero-order valence-corrected chi connectivity index (χ0v) is 9.17. The van der Waals surface area contributed by atoms with E-state index in [4.69, 9.17) is 17.3 Å². The van der Waals surface area contributed by atoms with Crippen LogP contribution in [0.4, 0.5) is 11.5 Å². The number of rotatable bonds is 4. The van der Waals surface area contributed by atoms with Crippen LogP contribution in [0.3, 0.4) is 0 Å². The van der Waals surface area contributed by atoms with Crippen LogP contribution in [0.25, 0.3) is 0 Å². The summed E-state index contributed by atoms with van der Waals surface area (Å²) in [6.45, 7) is 5.17. The third-order valence-corrected chi connectivity index (χ3v) is 2.15. The molecule has 0 aliphatic rings. The van der Waals surface area contributed by atoms with Gasteiger partial charge in [0.25, 0.3) is 0 Å². The van der Waals surface area contributed by atoms with Gasteiger partial charge in [-0.2, -0.15) is 0 Å². The monoisotopic (exact) mass is 214 g/mol. The standard InChI is InChI=1S/C9H15ClN4/c1-6(2)3-4-12-9-7(11)8(10)13-5-14-9/h5-6H,3-4,11H2,1-2H3,(H,12,13,14). The molecule has 0 fully saturated rings.